The standard InChI is InChI=1S/C19H23N3O/c1-14-5-6-15(2)17(11-14)19(23)21-13-16-7-8-20-18(12-16)22-9-3-4-10-22/h5-8,11-12H,3-4,9-10,13H2,1-2H3,(H,21,23). The second-order valence-electron chi connectivity index (χ2n) is 6.22. The first-order valence-electron chi connectivity index (χ1n) is 8.19. The number of aromatic nitrogens is 1. The molecule has 3 rings (SSSR count). The Morgan fingerprint density at radius 2 is 1.96 bits per heavy atom. The summed E-state index contributed by atoms with van der Waals surface area (Å²) >= 11 is 0. The first-order valence-corrected chi connectivity index (χ1v) is 8.19. The SMILES string of the molecule is Cc1ccc(C)c(C(=O)NCc2ccnc(N3CCCC3)c2)c1. The zero-order valence-electron chi connectivity index (χ0n) is 13.8. The van der Waals surface area contributed by atoms with Crippen LogP contribution in [0.1, 0.15) is 39.9 Å². The maximum atomic E-state index is 12.4. The molecule has 1 N–H and O–H groups in total. The van der Waals surface area contributed by atoms with Crippen LogP contribution >= 0.6 is 0 Å². The van der Waals surface area contributed by atoms with Gasteiger partial charge in [-0.2, -0.15) is 0 Å². The van der Waals surface area contributed by atoms with E-state index < -0.39 is 0 Å². The van der Waals surface area contributed by atoms with Crippen LogP contribution in [0.3, 0.4) is 0 Å². The van der Waals surface area contributed by atoms with Gasteiger partial charge in [-0.05, 0) is 56.0 Å². The van der Waals surface area contributed by atoms with Crippen LogP contribution in [0.15, 0.2) is 36.5 Å². The summed E-state index contributed by atoms with van der Waals surface area (Å²) < 4.78 is 0. The highest BCUT2D eigenvalue weighted by molar-refractivity contribution is 5.95. The molecule has 2 heterocycles. The lowest BCUT2D eigenvalue weighted by atomic mass is 10.1. The molecule has 1 aromatic carbocycles. The van der Waals surface area contributed by atoms with Crippen LogP contribution in [-0.4, -0.2) is 24.0 Å². The number of anilines is 1. The molecule has 0 aliphatic carbocycles. The Kier molecular flexibility index (Phi) is 4.60. The van der Waals surface area contributed by atoms with E-state index in [1.165, 1.54) is 12.8 Å². The second kappa shape index (κ2) is 6.82. The third kappa shape index (κ3) is 3.70. The van der Waals surface area contributed by atoms with Gasteiger partial charge in [-0.3, -0.25) is 4.79 Å². The molecule has 4 nitrogen and oxygen atoms in total. The van der Waals surface area contributed by atoms with Crippen LogP contribution < -0.4 is 10.2 Å². The highest BCUT2D eigenvalue weighted by Gasteiger charge is 2.14. The third-order valence-electron chi connectivity index (χ3n) is 4.33. The average molecular weight is 309 g/mol. The maximum absolute atomic E-state index is 12.4. The van der Waals surface area contributed by atoms with Crippen molar-refractivity contribution in [1.82, 2.24) is 10.3 Å². The second-order valence-corrected chi connectivity index (χ2v) is 6.22. The van der Waals surface area contributed by atoms with Crippen molar-refractivity contribution in [3.63, 3.8) is 0 Å². The van der Waals surface area contributed by atoms with Gasteiger partial charge in [-0.1, -0.05) is 17.7 Å². The van der Waals surface area contributed by atoms with Gasteiger partial charge in [-0.15, -0.1) is 0 Å². The van der Waals surface area contributed by atoms with E-state index in [1.807, 2.05) is 44.3 Å². The van der Waals surface area contributed by atoms with Gasteiger partial charge in [0.1, 0.15) is 5.82 Å². The summed E-state index contributed by atoms with van der Waals surface area (Å²) in [6.07, 6.45) is 4.29. The topological polar surface area (TPSA) is 45.2 Å². The number of rotatable bonds is 4. The molecule has 1 saturated heterocycles. The molecule has 0 atom stereocenters. The van der Waals surface area contributed by atoms with Crippen molar-refractivity contribution in [2.24, 2.45) is 0 Å². The summed E-state index contributed by atoms with van der Waals surface area (Å²) in [6, 6.07) is 9.99. The van der Waals surface area contributed by atoms with Gasteiger partial charge in [0.05, 0.1) is 0 Å². The monoisotopic (exact) mass is 309 g/mol. The zero-order chi connectivity index (χ0) is 16.2. The number of carbonyl (C=O) groups is 1. The summed E-state index contributed by atoms with van der Waals surface area (Å²) in [7, 11) is 0. The molecule has 1 amide bonds. The van der Waals surface area contributed by atoms with Gasteiger partial charge >= 0.3 is 0 Å². The van der Waals surface area contributed by atoms with Crippen molar-refractivity contribution in [3.05, 3.63) is 58.8 Å². The summed E-state index contributed by atoms with van der Waals surface area (Å²) in [4.78, 5) is 19.1. The zero-order valence-corrected chi connectivity index (χ0v) is 13.8. The van der Waals surface area contributed by atoms with E-state index in [0.717, 1.165) is 41.2 Å². The van der Waals surface area contributed by atoms with Gasteiger partial charge < -0.3 is 10.2 Å². The normalized spacial score (nSPS) is 14.1. The predicted molar refractivity (Wildman–Crippen MR) is 92.8 cm³/mol. The Morgan fingerprint density at radius 1 is 1.17 bits per heavy atom. The molecule has 1 fully saturated rings. The summed E-state index contributed by atoms with van der Waals surface area (Å²) in [6.45, 7) is 6.64. The molecular formula is C19H23N3O. The number of hydrogen-bond acceptors (Lipinski definition) is 3. The first-order chi connectivity index (χ1) is 11.1. The van der Waals surface area contributed by atoms with E-state index in [1.54, 1.807) is 0 Å². The number of amides is 1. The van der Waals surface area contributed by atoms with Crippen LogP contribution in [0, 0.1) is 13.8 Å². The Bertz CT molecular complexity index is 706. The minimum atomic E-state index is -0.0225. The quantitative estimate of drug-likeness (QED) is 0.943. The molecule has 1 aromatic heterocycles. The van der Waals surface area contributed by atoms with E-state index >= 15 is 0 Å². The van der Waals surface area contributed by atoms with Crippen molar-refractivity contribution in [2.45, 2.75) is 33.2 Å². The van der Waals surface area contributed by atoms with Crippen molar-refractivity contribution >= 4 is 11.7 Å². The molecule has 120 valence electrons. The summed E-state index contributed by atoms with van der Waals surface area (Å²) in [5.41, 5.74) is 3.93. The van der Waals surface area contributed by atoms with Crippen molar-refractivity contribution in [1.29, 1.82) is 0 Å². The number of nitrogens with zero attached hydrogens (tertiary/aromatic N) is 2. The highest BCUT2D eigenvalue weighted by atomic mass is 16.1. The number of benzene rings is 1. The Balaban J connectivity index is 1.67. The number of aryl methyl sites for hydroxylation is 2. The molecule has 0 saturated carbocycles. The van der Waals surface area contributed by atoms with Crippen LogP contribution in [0.2, 0.25) is 0 Å². The van der Waals surface area contributed by atoms with Crippen LogP contribution in [0.25, 0.3) is 0 Å². The van der Waals surface area contributed by atoms with E-state index in [4.69, 9.17) is 0 Å². The van der Waals surface area contributed by atoms with Gasteiger partial charge in [0.25, 0.3) is 5.91 Å². The van der Waals surface area contributed by atoms with E-state index in [2.05, 4.69) is 21.3 Å². The highest BCUT2D eigenvalue weighted by Crippen LogP contribution is 2.18. The fraction of sp³-hybridized carbons (Fsp3) is 0.368. The predicted octanol–water partition coefficient (Wildman–Crippen LogP) is 3.23. The number of carbonyl (C=O) groups excluding carboxylic acids is 1. The van der Waals surface area contributed by atoms with Crippen molar-refractivity contribution < 1.29 is 4.79 Å². The fourth-order valence-corrected chi connectivity index (χ4v) is 2.95. The lowest BCUT2D eigenvalue weighted by molar-refractivity contribution is 0.0950. The summed E-state index contributed by atoms with van der Waals surface area (Å²) in [5.74, 6) is 0.992. The molecule has 0 unspecified atom stereocenters. The minimum Gasteiger partial charge on any atom is -0.357 e. The number of pyridine rings is 1. The molecule has 23 heavy (non-hydrogen) atoms. The van der Waals surface area contributed by atoms with Gasteiger partial charge in [0, 0.05) is 31.4 Å². The minimum absolute atomic E-state index is 0.0225. The lowest BCUT2D eigenvalue weighted by Gasteiger charge is -2.17. The van der Waals surface area contributed by atoms with E-state index in [-0.39, 0.29) is 5.91 Å². The van der Waals surface area contributed by atoms with Crippen molar-refractivity contribution in [3.8, 4) is 0 Å². The van der Waals surface area contributed by atoms with E-state index in [9.17, 15) is 4.79 Å². The first kappa shape index (κ1) is 15.5. The van der Waals surface area contributed by atoms with Crippen LogP contribution in [0.5, 0.6) is 0 Å². The third-order valence-corrected chi connectivity index (χ3v) is 4.33. The molecule has 1 aliphatic heterocycles. The molecule has 0 bridgehead atoms. The van der Waals surface area contributed by atoms with E-state index in [0.29, 0.717) is 6.54 Å². The molecule has 2 aromatic rings. The summed E-state index contributed by atoms with van der Waals surface area (Å²) in [5, 5.41) is 3.02. The fourth-order valence-electron chi connectivity index (χ4n) is 2.95. The number of hydrogen-bond donors (Lipinski definition) is 1. The van der Waals surface area contributed by atoms with Crippen LogP contribution in [-0.2, 0) is 6.54 Å². The average Bonchev–Trinajstić information content (AvgIpc) is 3.10. The molecule has 0 spiro atoms. The van der Waals surface area contributed by atoms with Gasteiger partial charge in [0.15, 0.2) is 0 Å². The molecular weight excluding hydrogens is 286 g/mol. The smallest absolute Gasteiger partial charge is 0.251 e. The van der Waals surface area contributed by atoms with Gasteiger partial charge in [0.2, 0.25) is 0 Å². The van der Waals surface area contributed by atoms with Crippen LogP contribution in [0.4, 0.5) is 5.82 Å². The molecule has 1 aliphatic rings. The Morgan fingerprint density at radius 3 is 2.74 bits per heavy atom. The number of nitrogens with one attached hydrogen (secondary N) is 1. The Hall–Kier alpha value is -2.36. The lowest BCUT2D eigenvalue weighted by Crippen LogP contribution is -2.24. The molecule has 0 radical (unpaired) electrons. The van der Waals surface area contributed by atoms with Gasteiger partial charge in [-0.25, -0.2) is 4.98 Å². The largest absolute Gasteiger partial charge is 0.357 e. The maximum Gasteiger partial charge on any atom is 0.251 e. The Labute approximate surface area is 137 Å². The van der Waals surface area contributed by atoms with Crippen molar-refractivity contribution in [2.75, 3.05) is 18.0 Å². The molecule has 4 heteroatoms.